The Balaban J connectivity index is 3.28. The van der Waals surface area contributed by atoms with E-state index in [0.717, 1.165) is 19.4 Å². The zero-order valence-electron chi connectivity index (χ0n) is 8.49. The molecule has 1 rings (SSSR count). The molecule has 17 heavy (non-hydrogen) atoms. The molecule has 0 saturated carbocycles. The molecule has 0 aliphatic carbocycles. The lowest BCUT2D eigenvalue weighted by Crippen LogP contribution is -2.12. The number of nitrogens with zero attached hydrogens (tertiary/aromatic N) is 1. The Labute approximate surface area is 93.2 Å². The highest BCUT2D eigenvalue weighted by Gasteiger charge is 2.25. The predicted molar refractivity (Wildman–Crippen MR) is 47.2 cm³/mol. The first kappa shape index (κ1) is 13.2. The molecule has 0 aliphatic heterocycles. The summed E-state index contributed by atoms with van der Waals surface area (Å²) in [4.78, 5) is 14.4. The number of alkyl halides is 4. The third kappa shape index (κ3) is 3.05. The topological polar surface area (TPSA) is 48.4 Å². The monoisotopic (exact) mass is 253 g/mol. The molecule has 1 aromatic heterocycles. The molecule has 0 saturated heterocycles. The lowest BCUT2D eigenvalue weighted by molar-refractivity contribution is -0.0530. The van der Waals surface area contributed by atoms with Gasteiger partial charge in [-0.2, -0.15) is 8.78 Å². The number of carbonyl (C=O) groups excluding carboxylic acids is 1. The summed E-state index contributed by atoms with van der Waals surface area (Å²) in [5.74, 6) is -2.03. The molecule has 4 nitrogen and oxygen atoms in total. The minimum absolute atomic E-state index is 0.530. The van der Waals surface area contributed by atoms with Crippen molar-refractivity contribution < 1.29 is 31.8 Å². The fourth-order valence-electron chi connectivity index (χ4n) is 1.10. The first-order valence-corrected chi connectivity index (χ1v) is 4.27. The molecule has 0 fully saturated rings. The van der Waals surface area contributed by atoms with Gasteiger partial charge in [-0.15, -0.1) is 0 Å². The van der Waals surface area contributed by atoms with Crippen molar-refractivity contribution in [2.75, 3.05) is 7.11 Å². The molecule has 1 aromatic rings. The van der Waals surface area contributed by atoms with Crippen LogP contribution in [-0.2, 0) is 4.74 Å². The summed E-state index contributed by atoms with van der Waals surface area (Å²) in [7, 11) is 0.983. The van der Waals surface area contributed by atoms with Crippen LogP contribution in [0, 0.1) is 0 Å². The normalized spacial score (nSPS) is 10.8. The van der Waals surface area contributed by atoms with Crippen LogP contribution in [0.25, 0.3) is 0 Å². The number of pyridine rings is 1. The number of halogens is 4. The van der Waals surface area contributed by atoms with Crippen LogP contribution in [0.3, 0.4) is 0 Å². The van der Waals surface area contributed by atoms with E-state index in [1.165, 1.54) is 0 Å². The van der Waals surface area contributed by atoms with E-state index in [1.807, 2.05) is 0 Å². The number of methoxy groups -OCH3 is 1. The number of hydrogen-bond donors (Lipinski definition) is 0. The second kappa shape index (κ2) is 5.46. The molecule has 0 radical (unpaired) electrons. The summed E-state index contributed by atoms with van der Waals surface area (Å²) < 4.78 is 57.2. The zero-order valence-corrected chi connectivity index (χ0v) is 8.49. The first-order chi connectivity index (χ1) is 7.97. The molecule has 0 N–H and O–H groups in total. The fraction of sp³-hybridized carbons (Fsp3) is 0.333. The van der Waals surface area contributed by atoms with Crippen LogP contribution in [-0.4, -0.2) is 24.7 Å². The van der Waals surface area contributed by atoms with Crippen LogP contribution in [0.4, 0.5) is 17.6 Å². The second-order valence-corrected chi connectivity index (χ2v) is 2.74. The summed E-state index contributed by atoms with van der Waals surface area (Å²) in [5.41, 5.74) is -1.56. The smallest absolute Gasteiger partial charge is 0.387 e. The van der Waals surface area contributed by atoms with Crippen LogP contribution in [0.2, 0.25) is 0 Å². The third-order valence-electron chi connectivity index (χ3n) is 1.75. The average molecular weight is 253 g/mol. The minimum Gasteiger partial charge on any atom is -0.465 e. The van der Waals surface area contributed by atoms with Crippen molar-refractivity contribution >= 4 is 5.97 Å². The van der Waals surface area contributed by atoms with Crippen molar-refractivity contribution in [3.8, 4) is 5.75 Å². The van der Waals surface area contributed by atoms with E-state index in [2.05, 4.69) is 14.5 Å². The van der Waals surface area contributed by atoms with Gasteiger partial charge in [0.15, 0.2) is 5.75 Å². The van der Waals surface area contributed by atoms with Gasteiger partial charge in [0.2, 0.25) is 0 Å². The van der Waals surface area contributed by atoms with Crippen molar-refractivity contribution in [1.82, 2.24) is 4.98 Å². The molecule has 0 atom stereocenters. The summed E-state index contributed by atoms with van der Waals surface area (Å²) in [6, 6.07) is 0.954. The Hall–Kier alpha value is -1.86. The number of carbonyl (C=O) groups is 1. The van der Waals surface area contributed by atoms with Crippen LogP contribution < -0.4 is 4.74 Å². The zero-order chi connectivity index (χ0) is 13.0. The van der Waals surface area contributed by atoms with E-state index in [-0.39, 0.29) is 0 Å². The Morgan fingerprint density at radius 1 is 1.35 bits per heavy atom. The highest BCUT2D eigenvalue weighted by atomic mass is 19.3. The van der Waals surface area contributed by atoms with Gasteiger partial charge in [0.1, 0.15) is 11.3 Å². The Kier molecular flexibility index (Phi) is 4.24. The largest absolute Gasteiger partial charge is 0.465 e. The molecule has 1 heterocycles. The minimum atomic E-state index is -3.35. The summed E-state index contributed by atoms with van der Waals surface area (Å²) in [6.07, 6.45) is -2.26. The number of esters is 1. The molecule has 8 heteroatoms. The van der Waals surface area contributed by atoms with Gasteiger partial charge in [-0.1, -0.05) is 0 Å². The van der Waals surface area contributed by atoms with E-state index in [9.17, 15) is 22.4 Å². The maximum absolute atomic E-state index is 12.5. The Morgan fingerprint density at radius 3 is 2.47 bits per heavy atom. The quantitative estimate of drug-likeness (QED) is 0.610. The van der Waals surface area contributed by atoms with Crippen molar-refractivity contribution in [1.29, 1.82) is 0 Å². The van der Waals surface area contributed by atoms with Gasteiger partial charge in [-0.05, 0) is 6.07 Å². The third-order valence-corrected chi connectivity index (χ3v) is 1.75. The van der Waals surface area contributed by atoms with Gasteiger partial charge in [0, 0.05) is 6.20 Å². The molecule has 0 aliphatic rings. The highest BCUT2D eigenvalue weighted by Crippen LogP contribution is 2.31. The summed E-state index contributed by atoms with van der Waals surface area (Å²) in [6.45, 7) is -3.35. The Morgan fingerprint density at radius 2 is 2.00 bits per heavy atom. The maximum Gasteiger partial charge on any atom is 0.387 e. The van der Waals surface area contributed by atoms with Gasteiger partial charge in [0.25, 0.3) is 6.43 Å². The van der Waals surface area contributed by atoms with E-state index < -0.39 is 36.0 Å². The number of hydrogen-bond acceptors (Lipinski definition) is 4. The van der Waals surface area contributed by atoms with E-state index in [1.54, 1.807) is 0 Å². The van der Waals surface area contributed by atoms with Crippen molar-refractivity contribution in [3.05, 3.63) is 23.5 Å². The molecule has 0 amide bonds. The second-order valence-electron chi connectivity index (χ2n) is 2.74. The number of ether oxygens (including phenoxy) is 2. The van der Waals surface area contributed by atoms with E-state index >= 15 is 0 Å². The maximum atomic E-state index is 12.5. The molecule has 0 bridgehead atoms. The van der Waals surface area contributed by atoms with E-state index in [4.69, 9.17) is 0 Å². The molecule has 0 aromatic carbocycles. The molecule has 0 spiro atoms. The fourth-order valence-corrected chi connectivity index (χ4v) is 1.10. The van der Waals surface area contributed by atoms with Crippen molar-refractivity contribution in [2.45, 2.75) is 13.0 Å². The van der Waals surface area contributed by atoms with Crippen molar-refractivity contribution in [2.24, 2.45) is 0 Å². The Bertz CT molecular complexity index is 411. The van der Waals surface area contributed by atoms with Gasteiger partial charge in [-0.25, -0.2) is 13.6 Å². The summed E-state index contributed by atoms with van der Waals surface area (Å²) >= 11 is 0. The van der Waals surface area contributed by atoms with Crippen LogP contribution in [0.5, 0.6) is 5.75 Å². The molecular weight excluding hydrogens is 246 g/mol. The van der Waals surface area contributed by atoms with Gasteiger partial charge in [-0.3, -0.25) is 4.98 Å². The lowest BCUT2D eigenvalue weighted by atomic mass is 10.2. The highest BCUT2D eigenvalue weighted by molar-refractivity contribution is 5.92. The van der Waals surface area contributed by atoms with Gasteiger partial charge >= 0.3 is 12.6 Å². The molecule has 0 unspecified atom stereocenters. The van der Waals surface area contributed by atoms with Crippen LogP contribution >= 0.6 is 0 Å². The van der Waals surface area contributed by atoms with Crippen molar-refractivity contribution in [3.63, 3.8) is 0 Å². The lowest BCUT2D eigenvalue weighted by Gasteiger charge is -2.12. The molecule has 94 valence electrons. The SMILES string of the molecule is COC(=O)c1ccnc(C(F)F)c1OC(F)F. The summed E-state index contributed by atoms with van der Waals surface area (Å²) in [5, 5.41) is 0. The van der Waals surface area contributed by atoms with Crippen LogP contribution in [0.1, 0.15) is 22.5 Å². The van der Waals surface area contributed by atoms with Gasteiger partial charge < -0.3 is 9.47 Å². The van der Waals surface area contributed by atoms with Gasteiger partial charge in [0.05, 0.1) is 7.11 Å². The standard InChI is InChI=1S/C9H7F4NO3/c1-16-8(15)4-2-3-14-5(7(10)11)6(4)17-9(12)13/h2-3,7,9H,1H3. The first-order valence-electron chi connectivity index (χ1n) is 4.27. The predicted octanol–water partition coefficient (Wildman–Crippen LogP) is 2.41. The average Bonchev–Trinajstić information content (AvgIpc) is 2.27. The number of rotatable bonds is 4. The van der Waals surface area contributed by atoms with E-state index in [0.29, 0.717) is 0 Å². The molecular formula is C9H7F4NO3. The van der Waals surface area contributed by atoms with Crippen LogP contribution in [0.15, 0.2) is 12.3 Å². The number of aromatic nitrogens is 1.